The van der Waals surface area contributed by atoms with E-state index in [0.717, 1.165) is 29.7 Å². The summed E-state index contributed by atoms with van der Waals surface area (Å²) < 4.78 is 12.4. The average molecular weight is 313 g/mol. The molecule has 0 spiro atoms. The highest BCUT2D eigenvalue weighted by molar-refractivity contribution is 9.10. The van der Waals surface area contributed by atoms with Crippen molar-refractivity contribution >= 4 is 15.9 Å². The van der Waals surface area contributed by atoms with E-state index in [9.17, 15) is 0 Å². The molecule has 3 atom stereocenters. The first-order chi connectivity index (χ1) is 8.61. The van der Waals surface area contributed by atoms with E-state index in [2.05, 4.69) is 48.8 Å². The monoisotopic (exact) mass is 312 g/mol. The van der Waals surface area contributed by atoms with Crippen molar-refractivity contribution in [3.8, 4) is 5.75 Å². The molecule has 0 saturated carbocycles. The maximum atomic E-state index is 5.83. The molecule has 18 heavy (non-hydrogen) atoms. The van der Waals surface area contributed by atoms with Crippen molar-refractivity contribution in [3.05, 3.63) is 28.2 Å². The van der Waals surface area contributed by atoms with Crippen molar-refractivity contribution in [1.29, 1.82) is 0 Å². The van der Waals surface area contributed by atoms with Crippen LogP contribution in [0, 0.1) is 0 Å². The zero-order chi connectivity index (χ0) is 13.1. The number of rotatable bonds is 6. The Hall–Kier alpha value is -0.540. The molecule has 0 amide bonds. The summed E-state index contributed by atoms with van der Waals surface area (Å²) >= 11 is 3.54. The van der Waals surface area contributed by atoms with Gasteiger partial charge >= 0.3 is 0 Å². The fourth-order valence-electron chi connectivity index (χ4n) is 2.20. The van der Waals surface area contributed by atoms with Gasteiger partial charge in [-0.1, -0.05) is 29.8 Å². The molecule has 0 radical (unpaired) electrons. The molecule has 2 rings (SSSR count). The lowest BCUT2D eigenvalue weighted by molar-refractivity contribution is 0.310. The smallest absolute Gasteiger partial charge is 0.122 e. The van der Waals surface area contributed by atoms with Gasteiger partial charge in [-0.15, -0.1) is 0 Å². The van der Waals surface area contributed by atoms with Gasteiger partial charge in [0.05, 0.1) is 18.8 Å². The summed E-state index contributed by atoms with van der Waals surface area (Å²) in [5.74, 6) is 1.48. The molecule has 0 N–H and O–H groups in total. The third-order valence-electron chi connectivity index (χ3n) is 3.39. The van der Waals surface area contributed by atoms with E-state index in [1.807, 2.05) is 6.07 Å². The molecule has 0 aliphatic carbocycles. The number of hydrogen-bond acceptors (Lipinski definition) is 2. The summed E-state index contributed by atoms with van der Waals surface area (Å²) in [7, 11) is 0. The summed E-state index contributed by atoms with van der Waals surface area (Å²) in [6.07, 6.45) is 2.96. The van der Waals surface area contributed by atoms with Crippen LogP contribution in [-0.4, -0.2) is 18.8 Å². The van der Waals surface area contributed by atoms with Crippen molar-refractivity contribution < 1.29 is 9.47 Å². The second kappa shape index (κ2) is 6.07. The molecule has 1 aliphatic heterocycles. The van der Waals surface area contributed by atoms with Crippen LogP contribution in [0.1, 0.15) is 45.1 Å². The van der Waals surface area contributed by atoms with Crippen LogP contribution in [-0.2, 0) is 4.74 Å². The first-order valence-electron chi connectivity index (χ1n) is 6.69. The van der Waals surface area contributed by atoms with E-state index in [1.54, 1.807) is 0 Å². The van der Waals surface area contributed by atoms with Crippen LogP contribution in [0.2, 0.25) is 0 Å². The Labute approximate surface area is 118 Å². The summed E-state index contributed by atoms with van der Waals surface area (Å²) in [5.41, 5.74) is 1.28. The molecule has 1 fully saturated rings. The lowest BCUT2D eigenvalue weighted by Crippen LogP contribution is -2.04. The number of epoxide rings is 1. The summed E-state index contributed by atoms with van der Waals surface area (Å²) in [4.78, 5) is 0. The topological polar surface area (TPSA) is 21.8 Å². The summed E-state index contributed by atoms with van der Waals surface area (Å²) in [5, 5.41) is 0. The molecule has 1 saturated heterocycles. The fraction of sp³-hybridized carbons (Fsp3) is 0.600. The van der Waals surface area contributed by atoms with Crippen molar-refractivity contribution in [2.24, 2.45) is 0 Å². The highest BCUT2D eigenvalue weighted by Crippen LogP contribution is 2.37. The van der Waals surface area contributed by atoms with Gasteiger partial charge in [-0.2, -0.15) is 0 Å². The highest BCUT2D eigenvalue weighted by Gasteiger charge is 2.35. The van der Waals surface area contributed by atoms with Gasteiger partial charge in [-0.25, -0.2) is 0 Å². The number of ether oxygens (including phenoxy) is 2. The Morgan fingerprint density at radius 3 is 2.78 bits per heavy atom. The van der Waals surface area contributed by atoms with Gasteiger partial charge in [-0.3, -0.25) is 0 Å². The SMILES string of the molecule is CCCOc1ccc(Br)cc1C(C)CC1OC1C. The van der Waals surface area contributed by atoms with Crippen molar-refractivity contribution in [3.63, 3.8) is 0 Å². The third kappa shape index (κ3) is 3.48. The Kier molecular flexibility index (Phi) is 4.68. The van der Waals surface area contributed by atoms with Crippen molar-refractivity contribution in [2.45, 2.75) is 51.7 Å². The van der Waals surface area contributed by atoms with Crippen LogP contribution < -0.4 is 4.74 Å². The molecule has 1 aliphatic rings. The maximum Gasteiger partial charge on any atom is 0.122 e. The maximum absolute atomic E-state index is 5.83. The number of hydrogen-bond donors (Lipinski definition) is 0. The molecule has 0 bridgehead atoms. The summed E-state index contributed by atoms with van der Waals surface area (Å²) in [6, 6.07) is 6.27. The van der Waals surface area contributed by atoms with Crippen LogP contribution in [0.3, 0.4) is 0 Å². The normalized spacial score (nSPS) is 23.8. The predicted molar refractivity (Wildman–Crippen MR) is 77.3 cm³/mol. The van der Waals surface area contributed by atoms with Gasteiger partial charge in [0, 0.05) is 4.47 Å². The first-order valence-corrected chi connectivity index (χ1v) is 7.48. The lowest BCUT2D eigenvalue weighted by atomic mass is 9.94. The van der Waals surface area contributed by atoms with Crippen LogP contribution >= 0.6 is 15.9 Å². The Bertz CT molecular complexity index is 405. The highest BCUT2D eigenvalue weighted by atomic mass is 79.9. The first kappa shape index (κ1) is 13.9. The van der Waals surface area contributed by atoms with E-state index in [-0.39, 0.29) is 0 Å². The minimum absolute atomic E-state index is 0.429. The molecule has 3 unspecified atom stereocenters. The molecular weight excluding hydrogens is 292 g/mol. The van der Waals surface area contributed by atoms with E-state index in [0.29, 0.717) is 18.1 Å². The van der Waals surface area contributed by atoms with Crippen LogP contribution in [0.4, 0.5) is 0 Å². The van der Waals surface area contributed by atoms with Gasteiger partial charge in [0.25, 0.3) is 0 Å². The van der Waals surface area contributed by atoms with E-state index < -0.39 is 0 Å². The van der Waals surface area contributed by atoms with E-state index >= 15 is 0 Å². The Balaban J connectivity index is 2.09. The van der Waals surface area contributed by atoms with Gasteiger partial charge in [0.15, 0.2) is 0 Å². The average Bonchev–Trinajstić information content (AvgIpc) is 3.03. The molecule has 100 valence electrons. The largest absolute Gasteiger partial charge is 0.493 e. The summed E-state index contributed by atoms with van der Waals surface area (Å²) in [6.45, 7) is 7.28. The van der Waals surface area contributed by atoms with Crippen LogP contribution in [0.15, 0.2) is 22.7 Å². The minimum atomic E-state index is 0.429. The molecule has 1 aromatic carbocycles. The van der Waals surface area contributed by atoms with Gasteiger partial charge in [0.2, 0.25) is 0 Å². The quantitative estimate of drug-likeness (QED) is 0.720. The Morgan fingerprint density at radius 1 is 1.44 bits per heavy atom. The molecular formula is C15H21BrO2. The van der Waals surface area contributed by atoms with Gasteiger partial charge < -0.3 is 9.47 Å². The second-order valence-electron chi connectivity index (χ2n) is 5.05. The fourth-order valence-corrected chi connectivity index (χ4v) is 2.58. The van der Waals surface area contributed by atoms with Crippen molar-refractivity contribution in [2.75, 3.05) is 6.61 Å². The third-order valence-corrected chi connectivity index (χ3v) is 3.88. The van der Waals surface area contributed by atoms with Crippen LogP contribution in [0.5, 0.6) is 5.75 Å². The Morgan fingerprint density at radius 2 is 2.17 bits per heavy atom. The second-order valence-corrected chi connectivity index (χ2v) is 5.96. The molecule has 1 aromatic rings. The minimum Gasteiger partial charge on any atom is -0.493 e. The van der Waals surface area contributed by atoms with Gasteiger partial charge in [-0.05, 0) is 49.4 Å². The standard InChI is InChI=1S/C15H21BrO2/c1-4-7-17-14-6-5-12(16)9-13(14)10(2)8-15-11(3)18-15/h5-6,9-11,15H,4,7-8H2,1-3H3. The molecule has 0 aromatic heterocycles. The zero-order valence-corrected chi connectivity index (χ0v) is 12.9. The molecule has 1 heterocycles. The predicted octanol–water partition coefficient (Wildman–Crippen LogP) is 4.52. The molecule has 3 heteroatoms. The van der Waals surface area contributed by atoms with E-state index in [4.69, 9.17) is 9.47 Å². The number of benzene rings is 1. The number of halogens is 1. The lowest BCUT2D eigenvalue weighted by Gasteiger charge is -2.16. The van der Waals surface area contributed by atoms with Gasteiger partial charge in [0.1, 0.15) is 5.75 Å². The zero-order valence-electron chi connectivity index (χ0n) is 11.3. The van der Waals surface area contributed by atoms with E-state index in [1.165, 1.54) is 5.56 Å². The van der Waals surface area contributed by atoms with Crippen molar-refractivity contribution in [1.82, 2.24) is 0 Å². The van der Waals surface area contributed by atoms with Crippen LogP contribution in [0.25, 0.3) is 0 Å². The molecule has 2 nitrogen and oxygen atoms in total.